The van der Waals surface area contributed by atoms with Crippen LogP contribution in [-0.2, 0) is 4.84 Å². The van der Waals surface area contributed by atoms with Crippen LogP contribution < -0.4 is 5.32 Å². The molecule has 0 bridgehead atoms. The van der Waals surface area contributed by atoms with Crippen molar-refractivity contribution in [3.63, 3.8) is 0 Å². The molecule has 0 saturated heterocycles. The first-order chi connectivity index (χ1) is 5.61. The standard InChI is InChI=1S/C7H11N3O2/c1-5(2)6(4-8)10-12-7(11)9-3/h5H,1-3H3,(H,9,11)/b10-6-. The quantitative estimate of drug-likeness (QED) is 0.378. The molecule has 1 amide bonds. The zero-order valence-electron chi connectivity index (χ0n) is 7.29. The van der Waals surface area contributed by atoms with E-state index in [0.717, 1.165) is 0 Å². The largest absolute Gasteiger partial charge is 0.433 e. The molecule has 0 radical (unpaired) electrons. The highest BCUT2D eigenvalue weighted by Crippen LogP contribution is 1.96. The average Bonchev–Trinajstić information content (AvgIpc) is 2.04. The van der Waals surface area contributed by atoms with E-state index in [1.165, 1.54) is 7.05 Å². The number of carbonyl (C=O) groups is 1. The number of hydrogen-bond acceptors (Lipinski definition) is 4. The Balaban J connectivity index is 4.15. The maximum Gasteiger partial charge on any atom is 0.433 e. The summed E-state index contributed by atoms with van der Waals surface area (Å²) in [5.74, 6) is -0.0420. The molecule has 0 aromatic rings. The van der Waals surface area contributed by atoms with Crippen LogP contribution in [0.1, 0.15) is 13.8 Å². The first-order valence-electron chi connectivity index (χ1n) is 3.48. The van der Waals surface area contributed by atoms with E-state index < -0.39 is 6.09 Å². The molecule has 0 aliphatic heterocycles. The number of nitrogens with zero attached hydrogens (tertiary/aromatic N) is 2. The van der Waals surface area contributed by atoms with Crippen LogP contribution in [-0.4, -0.2) is 18.9 Å². The molecule has 0 aromatic carbocycles. The Bertz CT molecular complexity index is 227. The van der Waals surface area contributed by atoms with Crippen LogP contribution in [0.15, 0.2) is 5.16 Å². The Morgan fingerprint density at radius 3 is 2.58 bits per heavy atom. The lowest BCUT2D eigenvalue weighted by atomic mass is 10.1. The van der Waals surface area contributed by atoms with Gasteiger partial charge < -0.3 is 5.32 Å². The maximum atomic E-state index is 10.5. The lowest BCUT2D eigenvalue weighted by molar-refractivity contribution is 0.152. The Labute approximate surface area is 71.0 Å². The van der Waals surface area contributed by atoms with Crippen molar-refractivity contribution >= 4 is 11.8 Å². The van der Waals surface area contributed by atoms with Crippen LogP contribution in [0.25, 0.3) is 0 Å². The van der Waals surface area contributed by atoms with E-state index in [0.29, 0.717) is 0 Å². The molecule has 5 heteroatoms. The molecule has 5 nitrogen and oxygen atoms in total. The van der Waals surface area contributed by atoms with Crippen molar-refractivity contribution in [3.8, 4) is 6.07 Å². The third-order valence-electron chi connectivity index (χ3n) is 1.09. The van der Waals surface area contributed by atoms with E-state index in [2.05, 4.69) is 15.3 Å². The van der Waals surface area contributed by atoms with Crippen molar-refractivity contribution in [2.45, 2.75) is 13.8 Å². The fourth-order valence-electron chi connectivity index (χ4n) is 0.391. The normalized spacial score (nSPS) is 10.8. The summed E-state index contributed by atoms with van der Waals surface area (Å²) >= 11 is 0. The van der Waals surface area contributed by atoms with Crippen molar-refractivity contribution < 1.29 is 9.63 Å². The van der Waals surface area contributed by atoms with Crippen LogP contribution in [0.5, 0.6) is 0 Å². The summed E-state index contributed by atoms with van der Waals surface area (Å²) in [6.07, 6.45) is -0.677. The molecule has 12 heavy (non-hydrogen) atoms. The molecule has 0 fully saturated rings. The number of oxime groups is 1. The number of rotatable bonds is 2. The summed E-state index contributed by atoms with van der Waals surface area (Å²) in [5, 5.41) is 14.1. The molecular formula is C7H11N3O2. The molecule has 0 spiro atoms. The summed E-state index contributed by atoms with van der Waals surface area (Å²) in [6.45, 7) is 3.57. The molecule has 0 rings (SSSR count). The minimum absolute atomic E-state index is 0.0420. The Morgan fingerprint density at radius 2 is 2.25 bits per heavy atom. The van der Waals surface area contributed by atoms with Gasteiger partial charge in [0.05, 0.1) is 0 Å². The number of hydrogen-bond donors (Lipinski definition) is 1. The van der Waals surface area contributed by atoms with Crippen LogP contribution in [0.4, 0.5) is 4.79 Å². The molecule has 66 valence electrons. The molecule has 0 aliphatic rings. The highest BCUT2D eigenvalue weighted by Gasteiger charge is 2.05. The van der Waals surface area contributed by atoms with Gasteiger partial charge in [-0.25, -0.2) is 4.79 Å². The van der Waals surface area contributed by atoms with E-state index in [1.54, 1.807) is 13.8 Å². The van der Waals surface area contributed by atoms with Gasteiger partial charge in [-0.05, 0) is 0 Å². The minimum Gasteiger partial charge on any atom is -0.323 e. The van der Waals surface area contributed by atoms with Crippen LogP contribution in [0, 0.1) is 17.2 Å². The summed E-state index contributed by atoms with van der Waals surface area (Å²) in [4.78, 5) is 14.8. The highest BCUT2D eigenvalue weighted by atomic mass is 16.7. The van der Waals surface area contributed by atoms with E-state index in [-0.39, 0.29) is 11.6 Å². The molecule has 0 heterocycles. The number of nitriles is 1. The summed E-state index contributed by atoms with van der Waals surface area (Å²) in [7, 11) is 1.42. The SMILES string of the molecule is CNC(=O)O/N=C(/C#N)C(C)C. The highest BCUT2D eigenvalue weighted by molar-refractivity contribution is 5.99. The number of amides is 1. The van der Waals surface area contributed by atoms with Crippen molar-refractivity contribution in [3.05, 3.63) is 0 Å². The van der Waals surface area contributed by atoms with Gasteiger partial charge in [0.1, 0.15) is 6.07 Å². The van der Waals surface area contributed by atoms with Crippen molar-refractivity contribution in [2.75, 3.05) is 7.05 Å². The van der Waals surface area contributed by atoms with Crippen molar-refractivity contribution in [1.82, 2.24) is 5.32 Å². The van der Waals surface area contributed by atoms with Crippen LogP contribution in [0.3, 0.4) is 0 Å². The number of nitrogens with one attached hydrogen (secondary N) is 1. The lowest BCUT2D eigenvalue weighted by Gasteiger charge is -1.99. The Hall–Kier alpha value is -1.57. The van der Waals surface area contributed by atoms with Gasteiger partial charge in [0.15, 0.2) is 5.71 Å². The van der Waals surface area contributed by atoms with Gasteiger partial charge in [0.2, 0.25) is 0 Å². The monoisotopic (exact) mass is 169 g/mol. The molecule has 0 atom stereocenters. The fourth-order valence-corrected chi connectivity index (χ4v) is 0.391. The van der Waals surface area contributed by atoms with E-state index in [1.807, 2.05) is 6.07 Å². The second-order valence-electron chi connectivity index (χ2n) is 2.37. The van der Waals surface area contributed by atoms with Gasteiger partial charge >= 0.3 is 6.09 Å². The third-order valence-corrected chi connectivity index (χ3v) is 1.09. The van der Waals surface area contributed by atoms with Crippen molar-refractivity contribution in [2.24, 2.45) is 11.1 Å². The molecule has 0 saturated carbocycles. The fraction of sp³-hybridized carbons (Fsp3) is 0.571. The van der Waals surface area contributed by atoms with Crippen molar-refractivity contribution in [1.29, 1.82) is 5.26 Å². The summed E-state index contributed by atoms with van der Waals surface area (Å²) < 4.78 is 0. The molecule has 0 aromatic heterocycles. The van der Waals surface area contributed by atoms with E-state index in [4.69, 9.17) is 5.26 Å². The van der Waals surface area contributed by atoms with E-state index in [9.17, 15) is 4.79 Å². The van der Waals surface area contributed by atoms with Gasteiger partial charge in [-0.3, -0.25) is 4.84 Å². The van der Waals surface area contributed by atoms with Gasteiger partial charge in [0.25, 0.3) is 0 Å². The zero-order valence-corrected chi connectivity index (χ0v) is 7.29. The molecule has 0 unspecified atom stereocenters. The molecule has 1 N–H and O–H groups in total. The number of carbonyl (C=O) groups excluding carboxylic acids is 1. The molecule has 0 aliphatic carbocycles. The van der Waals surface area contributed by atoms with Gasteiger partial charge in [-0.15, -0.1) is 0 Å². The third kappa shape index (κ3) is 3.56. The van der Waals surface area contributed by atoms with E-state index >= 15 is 0 Å². The Morgan fingerprint density at radius 1 is 1.67 bits per heavy atom. The summed E-state index contributed by atoms with van der Waals surface area (Å²) in [5.41, 5.74) is 0.193. The maximum absolute atomic E-state index is 10.5. The van der Waals surface area contributed by atoms with Gasteiger partial charge in [0, 0.05) is 13.0 Å². The second kappa shape index (κ2) is 5.13. The van der Waals surface area contributed by atoms with Crippen LogP contribution >= 0.6 is 0 Å². The predicted molar refractivity (Wildman–Crippen MR) is 43.4 cm³/mol. The van der Waals surface area contributed by atoms with Gasteiger partial charge in [-0.1, -0.05) is 19.0 Å². The first kappa shape index (κ1) is 10.4. The second-order valence-corrected chi connectivity index (χ2v) is 2.37. The Kier molecular flexibility index (Phi) is 4.46. The average molecular weight is 169 g/mol. The summed E-state index contributed by atoms with van der Waals surface area (Å²) in [6, 6.07) is 1.83. The predicted octanol–water partition coefficient (Wildman–Crippen LogP) is 0.878. The lowest BCUT2D eigenvalue weighted by Crippen LogP contribution is -2.18. The zero-order chi connectivity index (χ0) is 9.56. The van der Waals surface area contributed by atoms with Gasteiger partial charge in [-0.2, -0.15) is 5.26 Å². The minimum atomic E-state index is -0.677. The first-order valence-corrected chi connectivity index (χ1v) is 3.48. The smallest absolute Gasteiger partial charge is 0.323 e. The topological polar surface area (TPSA) is 74.5 Å². The molecular weight excluding hydrogens is 158 g/mol. The van der Waals surface area contributed by atoms with Crippen LogP contribution in [0.2, 0.25) is 0 Å².